The van der Waals surface area contributed by atoms with Crippen molar-refractivity contribution in [2.24, 2.45) is 0 Å². The van der Waals surface area contributed by atoms with Gasteiger partial charge in [0.25, 0.3) is 0 Å². The molecule has 0 aliphatic rings. The van der Waals surface area contributed by atoms with E-state index in [-0.39, 0.29) is 12.6 Å². The van der Waals surface area contributed by atoms with Crippen LogP contribution in [0.15, 0.2) is 48.8 Å². The molecule has 2 heterocycles. The van der Waals surface area contributed by atoms with Crippen LogP contribution < -0.4 is 5.32 Å². The number of esters is 1. The smallest absolute Gasteiger partial charge is 0.349 e. The number of carbonyl (C=O) groups is 1. The van der Waals surface area contributed by atoms with Gasteiger partial charge in [0.1, 0.15) is 28.5 Å². The maximum atomic E-state index is 12.7. The zero-order valence-electron chi connectivity index (χ0n) is 16.8. The Labute approximate surface area is 183 Å². The molecule has 7 heteroatoms. The monoisotopic (exact) mass is 437 g/mol. The van der Waals surface area contributed by atoms with Crippen LogP contribution in [0.3, 0.4) is 0 Å². The third-order valence-corrected chi connectivity index (χ3v) is 6.28. The Morgan fingerprint density at radius 3 is 2.63 bits per heavy atom. The number of hydrogen-bond acceptors (Lipinski definition) is 6. The summed E-state index contributed by atoms with van der Waals surface area (Å²) in [4.78, 5) is 22.7. The highest BCUT2D eigenvalue weighted by atomic mass is 35.5. The molecule has 0 bridgehead atoms. The average Bonchev–Trinajstić information content (AvgIpc) is 3.07. The Balaban J connectivity index is 1.66. The lowest BCUT2D eigenvalue weighted by atomic mass is 10.1. The van der Waals surface area contributed by atoms with E-state index >= 15 is 0 Å². The highest BCUT2D eigenvalue weighted by Crippen LogP contribution is 2.37. The Kier molecular flexibility index (Phi) is 5.70. The quantitative estimate of drug-likeness (QED) is 0.367. The Hall–Kier alpha value is -2.96. The second-order valence-corrected chi connectivity index (χ2v) is 8.49. The first-order valence-electron chi connectivity index (χ1n) is 9.43. The molecular weight excluding hydrogens is 418 g/mol. The van der Waals surface area contributed by atoms with Crippen molar-refractivity contribution < 1.29 is 9.53 Å². The molecule has 0 radical (unpaired) electrons. The fourth-order valence-electron chi connectivity index (χ4n) is 3.34. The van der Waals surface area contributed by atoms with E-state index in [2.05, 4.69) is 21.4 Å². The number of rotatable bonds is 5. The first-order chi connectivity index (χ1) is 14.4. The van der Waals surface area contributed by atoms with Gasteiger partial charge in [-0.05, 0) is 49.1 Å². The number of thiophene rings is 1. The average molecular weight is 438 g/mol. The molecule has 0 unspecified atom stereocenters. The van der Waals surface area contributed by atoms with Crippen LogP contribution in [-0.2, 0) is 11.3 Å². The molecule has 1 N–H and O–H groups in total. The minimum atomic E-state index is -0.366. The number of ether oxygens (including phenoxy) is 1. The van der Waals surface area contributed by atoms with E-state index in [1.807, 2.05) is 57.2 Å². The van der Waals surface area contributed by atoms with Gasteiger partial charge in [0.05, 0.1) is 16.1 Å². The number of anilines is 2. The highest BCUT2D eigenvalue weighted by molar-refractivity contribution is 7.20. The zero-order valence-corrected chi connectivity index (χ0v) is 18.4. The fraction of sp³-hybridized carbons (Fsp3) is 0.174. The summed E-state index contributed by atoms with van der Waals surface area (Å²) in [5, 5.41) is 4.75. The molecule has 0 fully saturated rings. The molecule has 2 aromatic carbocycles. The molecule has 0 amide bonds. The summed E-state index contributed by atoms with van der Waals surface area (Å²) < 4.78 is 5.52. The summed E-state index contributed by atoms with van der Waals surface area (Å²) in [6.07, 6.45) is 1.48. The van der Waals surface area contributed by atoms with Crippen LogP contribution in [0.25, 0.3) is 10.2 Å². The van der Waals surface area contributed by atoms with Gasteiger partial charge in [-0.3, -0.25) is 0 Å². The number of halogens is 1. The SMILES string of the molecule is Cc1cc(C)c(Nc2ncnc3sc(C(=O)OCc4ccccc4)c(C)c23)c(Cl)c1. The Bertz CT molecular complexity index is 1220. The summed E-state index contributed by atoms with van der Waals surface area (Å²) in [6.45, 7) is 6.10. The summed E-state index contributed by atoms with van der Waals surface area (Å²) in [7, 11) is 0. The number of carbonyl (C=O) groups excluding carboxylic acids is 1. The van der Waals surface area contributed by atoms with Gasteiger partial charge < -0.3 is 10.1 Å². The van der Waals surface area contributed by atoms with Crippen LogP contribution in [-0.4, -0.2) is 15.9 Å². The van der Waals surface area contributed by atoms with Crippen molar-refractivity contribution in [3.8, 4) is 0 Å². The van der Waals surface area contributed by atoms with Crippen molar-refractivity contribution in [1.29, 1.82) is 0 Å². The summed E-state index contributed by atoms with van der Waals surface area (Å²) in [6, 6.07) is 13.6. The van der Waals surface area contributed by atoms with E-state index in [1.165, 1.54) is 17.7 Å². The van der Waals surface area contributed by atoms with Crippen LogP contribution >= 0.6 is 22.9 Å². The molecule has 5 nitrogen and oxygen atoms in total. The third kappa shape index (κ3) is 4.01. The second-order valence-electron chi connectivity index (χ2n) is 7.08. The van der Waals surface area contributed by atoms with Crippen LogP contribution in [0.4, 0.5) is 11.5 Å². The second kappa shape index (κ2) is 8.42. The van der Waals surface area contributed by atoms with Gasteiger partial charge in [0, 0.05) is 0 Å². The van der Waals surface area contributed by atoms with Crippen LogP contribution in [0.5, 0.6) is 0 Å². The number of benzene rings is 2. The number of aromatic nitrogens is 2. The maximum absolute atomic E-state index is 12.7. The lowest BCUT2D eigenvalue weighted by molar-refractivity contribution is 0.0478. The van der Waals surface area contributed by atoms with Crippen molar-refractivity contribution in [1.82, 2.24) is 9.97 Å². The van der Waals surface area contributed by atoms with Crippen LogP contribution in [0.1, 0.15) is 31.9 Å². The maximum Gasteiger partial charge on any atom is 0.349 e. The topological polar surface area (TPSA) is 64.1 Å². The zero-order chi connectivity index (χ0) is 21.3. The molecule has 0 aliphatic carbocycles. The van der Waals surface area contributed by atoms with Crippen molar-refractivity contribution >= 4 is 50.6 Å². The van der Waals surface area contributed by atoms with Crippen molar-refractivity contribution in [2.75, 3.05) is 5.32 Å². The standard InChI is InChI=1S/C23H20ClN3O2S/c1-13-9-14(2)19(17(24)10-13)27-21-18-15(3)20(30-22(18)26-12-25-21)23(28)29-11-16-7-5-4-6-8-16/h4-10,12H,11H2,1-3H3,(H,25,26,27). The largest absolute Gasteiger partial charge is 0.457 e. The predicted molar refractivity (Wildman–Crippen MR) is 122 cm³/mol. The summed E-state index contributed by atoms with van der Waals surface area (Å²) >= 11 is 7.76. The van der Waals surface area contributed by atoms with Gasteiger partial charge in [-0.15, -0.1) is 11.3 Å². The van der Waals surface area contributed by atoms with E-state index in [0.29, 0.717) is 15.7 Å². The van der Waals surface area contributed by atoms with Gasteiger partial charge in [-0.2, -0.15) is 0 Å². The van der Waals surface area contributed by atoms with E-state index in [0.717, 1.165) is 38.2 Å². The number of nitrogens with zero attached hydrogens (tertiary/aromatic N) is 2. The minimum absolute atomic E-state index is 0.225. The molecule has 0 saturated heterocycles. The first kappa shape index (κ1) is 20.3. The van der Waals surface area contributed by atoms with E-state index in [9.17, 15) is 4.79 Å². The molecule has 0 saturated carbocycles. The summed E-state index contributed by atoms with van der Waals surface area (Å²) in [5.41, 5.74) is 4.63. The van der Waals surface area contributed by atoms with Crippen LogP contribution in [0, 0.1) is 20.8 Å². The van der Waals surface area contributed by atoms with E-state index < -0.39 is 0 Å². The molecule has 4 rings (SSSR count). The Morgan fingerprint density at radius 1 is 1.13 bits per heavy atom. The molecule has 2 aromatic heterocycles. The van der Waals surface area contributed by atoms with Gasteiger partial charge >= 0.3 is 5.97 Å². The van der Waals surface area contributed by atoms with Gasteiger partial charge in [0.2, 0.25) is 0 Å². The number of hydrogen-bond donors (Lipinski definition) is 1. The predicted octanol–water partition coefficient (Wildman–Crippen LogP) is 6.37. The van der Waals surface area contributed by atoms with Crippen molar-refractivity contribution in [3.05, 3.63) is 80.9 Å². The van der Waals surface area contributed by atoms with Crippen molar-refractivity contribution in [3.63, 3.8) is 0 Å². The molecule has 30 heavy (non-hydrogen) atoms. The number of aryl methyl sites for hydroxylation is 3. The number of nitrogens with one attached hydrogen (secondary N) is 1. The molecular formula is C23H20ClN3O2S. The van der Waals surface area contributed by atoms with Gasteiger partial charge in [-0.1, -0.05) is 48.0 Å². The normalized spacial score (nSPS) is 10.9. The molecule has 152 valence electrons. The lowest BCUT2D eigenvalue weighted by Crippen LogP contribution is -2.05. The molecule has 0 atom stereocenters. The molecule has 0 spiro atoms. The van der Waals surface area contributed by atoms with E-state index in [1.54, 1.807) is 0 Å². The summed E-state index contributed by atoms with van der Waals surface area (Å²) in [5.74, 6) is 0.250. The van der Waals surface area contributed by atoms with Gasteiger partial charge in [0.15, 0.2) is 0 Å². The third-order valence-electron chi connectivity index (χ3n) is 4.80. The van der Waals surface area contributed by atoms with Crippen LogP contribution in [0.2, 0.25) is 5.02 Å². The minimum Gasteiger partial charge on any atom is -0.457 e. The van der Waals surface area contributed by atoms with Gasteiger partial charge in [-0.25, -0.2) is 14.8 Å². The van der Waals surface area contributed by atoms with Crippen molar-refractivity contribution in [2.45, 2.75) is 27.4 Å². The first-order valence-corrected chi connectivity index (χ1v) is 10.6. The molecule has 0 aliphatic heterocycles. The number of fused-ring (bicyclic) bond motifs is 1. The fourth-order valence-corrected chi connectivity index (χ4v) is 4.75. The Morgan fingerprint density at radius 2 is 1.90 bits per heavy atom. The van der Waals surface area contributed by atoms with E-state index in [4.69, 9.17) is 16.3 Å². The molecule has 4 aromatic rings. The lowest BCUT2D eigenvalue weighted by Gasteiger charge is -2.13. The highest BCUT2D eigenvalue weighted by Gasteiger charge is 2.21.